The minimum absolute atomic E-state index is 0.0482. The largest absolute Gasteiger partial charge is 0.497 e. The van der Waals surface area contributed by atoms with Gasteiger partial charge in [0.15, 0.2) is 0 Å². The molecule has 0 aromatic heterocycles. The molecule has 1 fully saturated rings. The van der Waals surface area contributed by atoms with E-state index < -0.39 is 10.1 Å². The zero-order valence-corrected chi connectivity index (χ0v) is 13.9. The van der Waals surface area contributed by atoms with Crippen molar-refractivity contribution in [1.82, 2.24) is 4.90 Å². The van der Waals surface area contributed by atoms with E-state index in [9.17, 15) is 13.2 Å². The molecule has 0 radical (unpaired) electrons. The van der Waals surface area contributed by atoms with Crippen LogP contribution in [0.3, 0.4) is 0 Å². The molecule has 1 aromatic carbocycles. The third kappa shape index (κ3) is 5.72. The minimum Gasteiger partial charge on any atom is -0.497 e. The molecule has 2 rings (SSSR count). The summed E-state index contributed by atoms with van der Waals surface area (Å²) in [5, 5.41) is 0. The van der Waals surface area contributed by atoms with Crippen LogP contribution in [0.25, 0.3) is 0 Å². The maximum Gasteiger partial charge on any atom is 0.309 e. The summed E-state index contributed by atoms with van der Waals surface area (Å²) in [6.45, 7) is 2.19. The maximum atomic E-state index is 11.9. The number of hydrogen-bond acceptors (Lipinski definition) is 6. The van der Waals surface area contributed by atoms with Crippen molar-refractivity contribution in [2.75, 3.05) is 39.2 Å². The molecule has 7 nitrogen and oxygen atoms in total. The van der Waals surface area contributed by atoms with Crippen LogP contribution in [-0.2, 0) is 19.6 Å². The molecular formula is C15H21NO6S. The predicted molar refractivity (Wildman–Crippen MR) is 84.0 cm³/mol. The van der Waals surface area contributed by atoms with Crippen molar-refractivity contribution < 1.29 is 26.9 Å². The number of ether oxygens (including phenoxy) is 2. The van der Waals surface area contributed by atoms with Crippen LogP contribution in [0.15, 0.2) is 24.3 Å². The highest BCUT2D eigenvalue weighted by atomic mass is 32.2. The number of carbonyl (C=O) groups excluding carboxylic acids is 1. The molecule has 0 saturated carbocycles. The Balaban J connectivity index is 1.77. The number of morpholine rings is 1. The van der Waals surface area contributed by atoms with Crippen molar-refractivity contribution in [2.45, 2.75) is 12.8 Å². The first kappa shape index (κ1) is 17.6. The lowest BCUT2D eigenvalue weighted by Gasteiger charge is -2.26. The van der Waals surface area contributed by atoms with Gasteiger partial charge >= 0.3 is 10.1 Å². The molecule has 1 amide bonds. The summed E-state index contributed by atoms with van der Waals surface area (Å²) in [6.07, 6.45) is 0.417. The fourth-order valence-electron chi connectivity index (χ4n) is 2.19. The van der Waals surface area contributed by atoms with Crippen LogP contribution in [0.1, 0.15) is 12.8 Å². The van der Waals surface area contributed by atoms with Crippen LogP contribution >= 0.6 is 0 Å². The van der Waals surface area contributed by atoms with E-state index in [1.165, 1.54) is 19.2 Å². The molecule has 1 aromatic rings. The fraction of sp³-hybridized carbons (Fsp3) is 0.533. The summed E-state index contributed by atoms with van der Waals surface area (Å²) in [5.74, 6) is 0.596. The third-order valence-corrected chi connectivity index (χ3v) is 4.67. The van der Waals surface area contributed by atoms with E-state index in [0.717, 1.165) is 0 Å². The second-order valence-electron chi connectivity index (χ2n) is 5.12. The van der Waals surface area contributed by atoms with E-state index in [1.807, 2.05) is 0 Å². The van der Waals surface area contributed by atoms with Crippen LogP contribution in [-0.4, -0.2) is 58.4 Å². The van der Waals surface area contributed by atoms with Crippen LogP contribution in [0.2, 0.25) is 0 Å². The number of methoxy groups -OCH3 is 1. The van der Waals surface area contributed by atoms with E-state index in [-0.39, 0.29) is 30.3 Å². The van der Waals surface area contributed by atoms with E-state index in [2.05, 4.69) is 0 Å². The zero-order chi connectivity index (χ0) is 16.7. The molecule has 8 heteroatoms. The lowest BCUT2D eigenvalue weighted by Crippen LogP contribution is -2.40. The predicted octanol–water partition coefficient (Wildman–Crippen LogP) is 1.04. The van der Waals surface area contributed by atoms with Crippen molar-refractivity contribution in [2.24, 2.45) is 0 Å². The van der Waals surface area contributed by atoms with E-state index in [0.29, 0.717) is 32.1 Å². The Morgan fingerprint density at radius 3 is 2.39 bits per heavy atom. The Labute approximate surface area is 136 Å². The van der Waals surface area contributed by atoms with E-state index in [1.54, 1.807) is 17.0 Å². The van der Waals surface area contributed by atoms with Gasteiger partial charge < -0.3 is 18.6 Å². The number of benzene rings is 1. The van der Waals surface area contributed by atoms with Crippen molar-refractivity contribution in [3.8, 4) is 11.5 Å². The number of hydrogen-bond donors (Lipinski definition) is 0. The van der Waals surface area contributed by atoms with Gasteiger partial charge in [0.25, 0.3) is 0 Å². The van der Waals surface area contributed by atoms with E-state index >= 15 is 0 Å². The van der Waals surface area contributed by atoms with Gasteiger partial charge in [-0.05, 0) is 30.7 Å². The Morgan fingerprint density at radius 1 is 1.17 bits per heavy atom. The number of rotatable bonds is 7. The number of amides is 1. The van der Waals surface area contributed by atoms with Crippen molar-refractivity contribution in [3.63, 3.8) is 0 Å². The van der Waals surface area contributed by atoms with Crippen molar-refractivity contribution in [1.29, 1.82) is 0 Å². The summed E-state index contributed by atoms with van der Waals surface area (Å²) in [4.78, 5) is 13.6. The maximum absolute atomic E-state index is 11.9. The lowest BCUT2D eigenvalue weighted by molar-refractivity contribution is -0.135. The van der Waals surface area contributed by atoms with Gasteiger partial charge in [0, 0.05) is 19.5 Å². The minimum atomic E-state index is -3.72. The first-order chi connectivity index (χ1) is 11.0. The van der Waals surface area contributed by atoms with Crippen LogP contribution in [0, 0.1) is 0 Å². The van der Waals surface area contributed by atoms with Gasteiger partial charge in [-0.2, -0.15) is 8.42 Å². The highest BCUT2D eigenvalue weighted by Crippen LogP contribution is 2.19. The van der Waals surface area contributed by atoms with Crippen molar-refractivity contribution in [3.05, 3.63) is 24.3 Å². The third-order valence-electron chi connectivity index (χ3n) is 3.43. The summed E-state index contributed by atoms with van der Waals surface area (Å²) in [6, 6.07) is 6.28. The Hall–Kier alpha value is -1.80. The van der Waals surface area contributed by atoms with Crippen LogP contribution < -0.4 is 8.92 Å². The normalized spacial score (nSPS) is 15.3. The summed E-state index contributed by atoms with van der Waals surface area (Å²) in [7, 11) is -2.19. The van der Waals surface area contributed by atoms with E-state index in [4.69, 9.17) is 13.7 Å². The molecule has 0 atom stereocenters. The summed E-state index contributed by atoms with van der Waals surface area (Å²) in [5.41, 5.74) is 0. The molecule has 0 N–H and O–H groups in total. The SMILES string of the molecule is COc1ccc(OS(=O)(=O)CCCC(=O)N2CCOCC2)cc1. The fourth-order valence-corrected chi connectivity index (χ4v) is 3.18. The van der Waals surface area contributed by atoms with Gasteiger partial charge in [-0.15, -0.1) is 0 Å². The molecule has 23 heavy (non-hydrogen) atoms. The second-order valence-corrected chi connectivity index (χ2v) is 6.81. The highest BCUT2D eigenvalue weighted by Gasteiger charge is 2.19. The van der Waals surface area contributed by atoms with Gasteiger partial charge in [-0.25, -0.2) is 0 Å². The molecule has 0 spiro atoms. The molecule has 0 aliphatic carbocycles. The van der Waals surface area contributed by atoms with Gasteiger partial charge in [-0.1, -0.05) is 0 Å². The highest BCUT2D eigenvalue weighted by molar-refractivity contribution is 7.87. The molecule has 1 aliphatic heterocycles. The van der Waals surface area contributed by atoms with Gasteiger partial charge in [0.1, 0.15) is 11.5 Å². The van der Waals surface area contributed by atoms with Crippen LogP contribution in [0.4, 0.5) is 0 Å². The molecule has 0 unspecified atom stereocenters. The second kappa shape index (κ2) is 8.16. The Morgan fingerprint density at radius 2 is 1.78 bits per heavy atom. The molecule has 128 valence electrons. The lowest BCUT2D eigenvalue weighted by atomic mass is 10.3. The summed E-state index contributed by atoms with van der Waals surface area (Å²) >= 11 is 0. The smallest absolute Gasteiger partial charge is 0.309 e. The van der Waals surface area contributed by atoms with Crippen LogP contribution in [0.5, 0.6) is 11.5 Å². The van der Waals surface area contributed by atoms with Gasteiger partial charge in [-0.3, -0.25) is 4.79 Å². The van der Waals surface area contributed by atoms with Gasteiger partial charge in [0.05, 0.1) is 26.1 Å². The van der Waals surface area contributed by atoms with Crippen molar-refractivity contribution >= 4 is 16.0 Å². The standard InChI is InChI=1S/C15H21NO6S/c1-20-13-4-6-14(7-5-13)22-23(18,19)12-2-3-15(17)16-8-10-21-11-9-16/h4-7H,2-3,8-12H2,1H3. The molecule has 0 bridgehead atoms. The summed E-state index contributed by atoms with van der Waals surface area (Å²) < 4.78 is 39.0. The topological polar surface area (TPSA) is 82.1 Å². The monoisotopic (exact) mass is 343 g/mol. The van der Waals surface area contributed by atoms with Gasteiger partial charge in [0.2, 0.25) is 5.91 Å². The molecule has 1 aliphatic rings. The molecule has 1 saturated heterocycles. The Kier molecular flexibility index (Phi) is 6.23. The number of carbonyl (C=O) groups is 1. The average Bonchev–Trinajstić information content (AvgIpc) is 2.55. The Bertz CT molecular complexity index is 607. The first-order valence-corrected chi connectivity index (χ1v) is 8.99. The first-order valence-electron chi connectivity index (χ1n) is 7.42. The quantitative estimate of drug-likeness (QED) is 0.688. The average molecular weight is 343 g/mol. The molecular weight excluding hydrogens is 322 g/mol. The number of nitrogens with zero attached hydrogens (tertiary/aromatic N) is 1. The zero-order valence-electron chi connectivity index (χ0n) is 13.1. The molecule has 1 heterocycles.